The molecular formula is C15H17NO3S. The van der Waals surface area contributed by atoms with E-state index >= 15 is 0 Å². The first kappa shape index (κ1) is 14.6. The van der Waals surface area contributed by atoms with Crippen molar-refractivity contribution in [2.24, 2.45) is 5.14 Å². The number of ether oxygens (including phenoxy) is 1. The van der Waals surface area contributed by atoms with Crippen LogP contribution in [0.15, 0.2) is 41.3 Å². The number of primary sulfonamides is 1. The maximum atomic E-state index is 11.3. The van der Waals surface area contributed by atoms with Gasteiger partial charge in [-0.2, -0.15) is 0 Å². The molecule has 5 heteroatoms. The number of hydrogen-bond acceptors (Lipinski definition) is 3. The van der Waals surface area contributed by atoms with Crippen molar-refractivity contribution < 1.29 is 13.2 Å². The summed E-state index contributed by atoms with van der Waals surface area (Å²) in [7, 11) is -3.69. The van der Waals surface area contributed by atoms with Gasteiger partial charge in [0, 0.05) is 0 Å². The number of sulfonamides is 1. The van der Waals surface area contributed by atoms with Gasteiger partial charge in [-0.25, -0.2) is 13.6 Å². The van der Waals surface area contributed by atoms with Crippen LogP contribution in [0.2, 0.25) is 0 Å². The van der Waals surface area contributed by atoms with Crippen LogP contribution in [-0.2, 0) is 10.0 Å². The van der Waals surface area contributed by atoms with Gasteiger partial charge in [0.05, 0.1) is 4.90 Å². The summed E-state index contributed by atoms with van der Waals surface area (Å²) < 4.78 is 28.5. The molecule has 0 spiro atoms. The predicted molar refractivity (Wildman–Crippen MR) is 78.5 cm³/mol. The Morgan fingerprint density at radius 2 is 1.50 bits per heavy atom. The van der Waals surface area contributed by atoms with Crippen LogP contribution in [0, 0.1) is 20.8 Å². The Bertz CT molecular complexity index is 731. The lowest BCUT2D eigenvalue weighted by atomic mass is 10.1. The van der Waals surface area contributed by atoms with Gasteiger partial charge in [0.1, 0.15) is 11.5 Å². The maximum absolute atomic E-state index is 11.3. The third-order valence-corrected chi connectivity index (χ3v) is 3.95. The van der Waals surface area contributed by atoms with Crippen molar-refractivity contribution in [1.82, 2.24) is 0 Å². The first-order valence-corrected chi connectivity index (χ1v) is 7.70. The fourth-order valence-corrected chi connectivity index (χ4v) is 2.90. The normalized spacial score (nSPS) is 11.4. The maximum Gasteiger partial charge on any atom is 0.238 e. The third kappa shape index (κ3) is 3.37. The molecule has 0 aliphatic carbocycles. The van der Waals surface area contributed by atoms with Crippen molar-refractivity contribution >= 4 is 10.0 Å². The van der Waals surface area contributed by atoms with Crippen LogP contribution in [0.3, 0.4) is 0 Å². The van der Waals surface area contributed by atoms with Crippen LogP contribution < -0.4 is 9.88 Å². The van der Waals surface area contributed by atoms with Crippen LogP contribution in [-0.4, -0.2) is 8.42 Å². The topological polar surface area (TPSA) is 69.4 Å². The summed E-state index contributed by atoms with van der Waals surface area (Å²) >= 11 is 0. The summed E-state index contributed by atoms with van der Waals surface area (Å²) in [5.41, 5.74) is 2.78. The number of nitrogens with two attached hydrogens (primary N) is 1. The minimum Gasteiger partial charge on any atom is -0.457 e. The molecule has 0 bridgehead atoms. The van der Waals surface area contributed by atoms with E-state index in [9.17, 15) is 8.42 Å². The second-order valence-corrected chi connectivity index (χ2v) is 6.43. The van der Waals surface area contributed by atoms with Crippen molar-refractivity contribution in [1.29, 1.82) is 0 Å². The minimum absolute atomic E-state index is 0.116. The number of benzene rings is 2. The molecule has 2 aromatic carbocycles. The first-order chi connectivity index (χ1) is 9.25. The molecule has 0 aliphatic rings. The van der Waals surface area contributed by atoms with E-state index in [0.717, 1.165) is 16.9 Å². The largest absolute Gasteiger partial charge is 0.457 e. The van der Waals surface area contributed by atoms with Gasteiger partial charge in [0.2, 0.25) is 10.0 Å². The van der Waals surface area contributed by atoms with E-state index in [1.807, 2.05) is 26.0 Å². The molecule has 4 nitrogen and oxygen atoms in total. The van der Waals surface area contributed by atoms with E-state index in [0.29, 0.717) is 11.3 Å². The van der Waals surface area contributed by atoms with Gasteiger partial charge in [-0.15, -0.1) is 0 Å². The van der Waals surface area contributed by atoms with Gasteiger partial charge in [-0.1, -0.05) is 6.07 Å². The first-order valence-electron chi connectivity index (χ1n) is 6.15. The zero-order chi connectivity index (χ0) is 14.9. The molecule has 2 N–H and O–H groups in total. The third-order valence-electron chi connectivity index (χ3n) is 2.88. The molecule has 0 atom stereocenters. The molecule has 0 saturated carbocycles. The lowest BCUT2D eigenvalue weighted by Gasteiger charge is -2.10. The van der Waals surface area contributed by atoms with Gasteiger partial charge in [-0.05, 0) is 67.8 Å². The SMILES string of the molecule is Cc1cc(C)cc(Oc2ccc(S(N)(=O)=O)c(C)c2)c1. The molecule has 0 radical (unpaired) electrons. The Morgan fingerprint density at radius 3 is 2.00 bits per heavy atom. The molecule has 0 unspecified atom stereocenters. The van der Waals surface area contributed by atoms with Crippen molar-refractivity contribution in [2.75, 3.05) is 0 Å². The van der Waals surface area contributed by atoms with E-state index in [4.69, 9.17) is 9.88 Å². The highest BCUT2D eigenvalue weighted by atomic mass is 32.2. The van der Waals surface area contributed by atoms with Gasteiger partial charge < -0.3 is 4.74 Å². The molecular weight excluding hydrogens is 274 g/mol. The molecule has 106 valence electrons. The molecule has 0 fully saturated rings. The zero-order valence-corrected chi connectivity index (χ0v) is 12.5. The lowest BCUT2D eigenvalue weighted by molar-refractivity contribution is 0.481. The quantitative estimate of drug-likeness (QED) is 0.945. The van der Waals surface area contributed by atoms with E-state index in [2.05, 4.69) is 6.07 Å². The Morgan fingerprint density at radius 1 is 0.900 bits per heavy atom. The van der Waals surface area contributed by atoms with E-state index in [-0.39, 0.29) is 4.90 Å². The average molecular weight is 291 g/mol. The number of aryl methyl sites for hydroxylation is 3. The highest BCUT2D eigenvalue weighted by molar-refractivity contribution is 7.89. The highest BCUT2D eigenvalue weighted by Crippen LogP contribution is 2.26. The molecule has 0 heterocycles. The monoisotopic (exact) mass is 291 g/mol. The van der Waals surface area contributed by atoms with Crippen molar-refractivity contribution in [3.05, 3.63) is 53.1 Å². The second kappa shape index (κ2) is 5.26. The molecule has 2 aromatic rings. The van der Waals surface area contributed by atoms with E-state index < -0.39 is 10.0 Å². The summed E-state index contributed by atoms with van der Waals surface area (Å²) in [5.74, 6) is 1.31. The standard InChI is InChI=1S/C15H17NO3S/c1-10-6-11(2)8-14(7-10)19-13-4-5-15(12(3)9-13)20(16,17)18/h4-9H,1-3H3,(H2,16,17,18). The van der Waals surface area contributed by atoms with Crippen LogP contribution >= 0.6 is 0 Å². The molecule has 0 aromatic heterocycles. The van der Waals surface area contributed by atoms with E-state index in [1.165, 1.54) is 6.07 Å². The van der Waals surface area contributed by atoms with Crippen LogP contribution in [0.25, 0.3) is 0 Å². The van der Waals surface area contributed by atoms with Gasteiger partial charge in [0.25, 0.3) is 0 Å². The van der Waals surface area contributed by atoms with Crippen molar-refractivity contribution in [2.45, 2.75) is 25.7 Å². The van der Waals surface area contributed by atoms with E-state index in [1.54, 1.807) is 19.1 Å². The molecule has 0 amide bonds. The summed E-state index contributed by atoms with van der Waals surface area (Å²) in [5, 5.41) is 5.13. The second-order valence-electron chi connectivity index (χ2n) is 4.90. The van der Waals surface area contributed by atoms with Crippen molar-refractivity contribution in [3.63, 3.8) is 0 Å². The van der Waals surface area contributed by atoms with Crippen molar-refractivity contribution in [3.8, 4) is 11.5 Å². The fourth-order valence-electron chi connectivity index (χ4n) is 2.13. The number of hydrogen-bond donors (Lipinski definition) is 1. The summed E-state index contributed by atoms with van der Waals surface area (Å²) in [6, 6.07) is 10.6. The highest BCUT2D eigenvalue weighted by Gasteiger charge is 2.12. The zero-order valence-electron chi connectivity index (χ0n) is 11.7. The molecule has 0 aliphatic heterocycles. The summed E-state index contributed by atoms with van der Waals surface area (Å²) in [6.07, 6.45) is 0. The smallest absolute Gasteiger partial charge is 0.238 e. The van der Waals surface area contributed by atoms with Crippen LogP contribution in [0.1, 0.15) is 16.7 Å². The van der Waals surface area contributed by atoms with Gasteiger partial charge in [-0.3, -0.25) is 0 Å². The van der Waals surface area contributed by atoms with Crippen LogP contribution in [0.5, 0.6) is 11.5 Å². The Kier molecular flexibility index (Phi) is 3.83. The van der Waals surface area contributed by atoms with Gasteiger partial charge in [0.15, 0.2) is 0 Å². The Balaban J connectivity index is 2.33. The molecule has 20 heavy (non-hydrogen) atoms. The minimum atomic E-state index is -3.69. The summed E-state index contributed by atoms with van der Waals surface area (Å²) in [6.45, 7) is 5.68. The number of rotatable bonds is 3. The average Bonchev–Trinajstić information content (AvgIpc) is 2.25. The molecule has 0 saturated heterocycles. The van der Waals surface area contributed by atoms with Crippen LogP contribution in [0.4, 0.5) is 0 Å². The lowest BCUT2D eigenvalue weighted by Crippen LogP contribution is -2.13. The Labute approximate surface area is 119 Å². The Hall–Kier alpha value is -1.85. The summed E-state index contributed by atoms with van der Waals surface area (Å²) in [4.78, 5) is 0.116. The fraction of sp³-hybridized carbons (Fsp3) is 0.200. The van der Waals surface area contributed by atoms with Gasteiger partial charge >= 0.3 is 0 Å². The molecule has 2 rings (SSSR count). The predicted octanol–water partition coefficient (Wildman–Crippen LogP) is 3.05.